The number of hydrogen-bond acceptors (Lipinski definition) is 2. The van der Waals surface area contributed by atoms with E-state index in [0.717, 1.165) is 12.2 Å². The second-order valence-corrected chi connectivity index (χ2v) is 5.88. The molecule has 3 heteroatoms. The molecule has 1 N–H and O–H groups in total. The van der Waals surface area contributed by atoms with Gasteiger partial charge in [-0.2, -0.15) is 0 Å². The molecule has 18 heavy (non-hydrogen) atoms. The minimum Gasteiger partial charge on any atom is -0.307 e. The van der Waals surface area contributed by atoms with E-state index in [-0.39, 0.29) is 11.9 Å². The molecule has 1 heterocycles. The largest absolute Gasteiger partial charge is 0.307 e. The summed E-state index contributed by atoms with van der Waals surface area (Å²) in [5.74, 6) is 0.145. The number of nitrogens with zero attached hydrogens (tertiary/aromatic N) is 1. The minimum absolute atomic E-state index is 0.145. The van der Waals surface area contributed by atoms with Crippen LogP contribution in [0.25, 0.3) is 0 Å². The molecule has 1 unspecified atom stereocenters. The molecule has 0 aromatic heterocycles. The van der Waals surface area contributed by atoms with Gasteiger partial charge in [-0.05, 0) is 57.9 Å². The van der Waals surface area contributed by atoms with Crippen molar-refractivity contribution in [1.82, 2.24) is 5.32 Å². The van der Waals surface area contributed by atoms with Gasteiger partial charge in [0.2, 0.25) is 5.91 Å². The van der Waals surface area contributed by atoms with E-state index in [4.69, 9.17) is 0 Å². The Bertz CT molecular complexity index is 459. The van der Waals surface area contributed by atoms with E-state index in [1.807, 2.05) is 18.7 Å². The number of piperazine rings is 1. The van der Waals surface area contributed by atoms with Crippen molar-refractivity contribution in [2.45, 2.75) is 46.2 Å². The lowest BCUT2D eigenvalue weighted by Gasteiger charge is -2.42. The van der Waals surface area contributed by atoms with Crippen LogP contribution in [0.1, 0.15) is 31.9 Å². The Morgan fingerprint density at radius 2 is 1.78 bits per heavy atom. The molecule has 3 nitrogen and oxygen atoms in total. The monoisotopic (exact) mass is 246 g/mol. The summed E-state index contributed by atoms with van der Waals surface area (Å²) in [6.45, 7) is 10.9. The van der Waals surface area contributed by atoms with Gasteiger partial charge in [0, 0.05) is 18.3 Å². The van der Waals surface area contributed by atoms with Gasteiger partial charge < -0.3 is 10.2 Å². The number of aryl methyl sites for hydroxylation is 2. The molecule has 1 amide bonds. The Hall–Kier alpha value is -1.35. The first-order chi connectivity index (χ1) is 8.31. The zero-order chi connectivity index (χ0) is 13.5. The SMILES string of the molecule is Cc1cc(C)cc(N2C(=O)C(C)(C)NCC2C)c1. The van der Waals surface area contributed by atoms with Gasteiger partial charge >= 0.3 is 0 Å². The van der Waals surface area contributed by atoms with Gasteiger partial charge in [-0.3, -0.25) is 4.79 Å². The van der Waals surface area contributed by atoms with Gasteiger partial charge in [0.25, 0.3) is 0 Å². The summed E-state index contributed by atoms with van der Waals surface area (Å²) < 4.78 is 0. The first-order valence-electron chi connectivity index (χ1n) is 6.48. The van der Waals surface area contributed by atoms with E-state index in [1.165, 1.54) is 11.1 Å². The maximum Gasteiger partial charge on any atom is 0.247 e. The van der Waals surface area contributed by atoms with Crippen molar-refractivity contribution in [2.24, 2.45) is 0 Å². The third-order valence-corrected chi connectivity index (χ3v) is 3.52. The van der Waals surface area contributed by atoms with Crippen molar-refractivity contribution < 1.29 is 4.79 Å². The Morgan fingerprint density at radius 3 is 2.33 bits per heavy atom. The lowest BCUT2D eigenvalue weighted by atomic mass is 9.96. The summed E-state index contributed by atoms with van der Waals surface area (Å²) in [5, 5.41) is 3.30. The molecule has 0 spiro atoms. The fourth-order valence-corrected chi connectivity index (χ4v) is 2.53. The van der Waals surface area contributed by atoms with Crippen molar-refractivity contribution in [2.75, 3.05) is 11.4 Å². The van der Waals surface area contributed by atoms with E-state index >= 15 is 0 Å². The third-order valence-electron chi connectivity index (χ3n) is 3.52. The maximum absolute atomic E-state index is 12.5. The summed E-state index contributed by atoms with van der Waals surface area (Å²) >= 11 is 0. The Morgan fingerprint density at radius 1 is 1.22 bits per heavy atom. The van der Waals surface area contributed by atoms with Gasteiger partial charge in [0.05, 0.1) is 5.54 Å². The van der Waals surface area contributed by atoms with Crippen molar-refractivity contribution in [1.29, 1.82) is 0 Å². The number of anilines is 1. The van der Waals surface area contributed by atoms with Crippen LogP contribution in [-0.2, 0) is 4.79 Å². The van der Waals surface area contributed by atoms with Crippen LogP contribution in [0, 0.1) is 13.8 Å². The van der Waals surface area contributed by atoms with Gasteiger partial charge in [-0.15, -0.1) is 0 Å². The molecule has 1 fully saturated rings. The van der Waals surface area contributed by atoms with Crippen molar-refractivity contribution in [3.05, 3.63) is 29.3 Å². The Balaban J connectivity index is 2.43. The van der Waals surface area contributed by atoms with Crippen LogP contribution in [0.3, 0.4) is 0 Å². The highest BCUT2D eigenvalue weighted by atomic mass is 16.2. The van der Waals surface area contributed by atoms with Crippen LogP contribution in [0.4, 0.5) is 5.69 Å². The third kappa shape index (κ3) is 2.27. The zero-order valence-corrected chi connectivity index (χ0v) is 11.9. The Labute approximate surface area is 109 Å². The van der Waals surface area contributed by atoms with E-state index < -0.39 is 5.54 Å². The number of hydrogen-bond donors (Lipinski definition) is 1. The average Bonchev–Trinajstić information content (AvgIpc) is 2.23. The molecule has 1 saturated heterocycles. The number of rotatable bonds is 1. The van der Waals surface area contributed by atoms with Crippen molar-refractivity contribution in [3.8, 4) is 0 Å². The number of benzene rings is 1. The second kappa shape index (κ2) is 4.39. The normalized spacial score (nSPS) is 23.3. The first kappa shape index (κ1) is 13.1. The number of amides is 1. The summed E-state index contributed by atoms with van der Waals surface area (Å²) in [4.78, 5) is 14.5. The highest BCUT2D eigenvalue weighted by Gasteiger charge is 2.39. The number of carbonyl (C=O) groups is 1. The highest BCUT2D eigenvalue weighted by Crippen LogP contribution is 2.26. The summed E-state index contributed by atoms with van der Waals surface area (Å²) in [5.41, 5.74) is 2.92. The van der Waals surface area contributed by atoms with Gasteiger partial charge in [0.15, 0.2) is 0 Å². The first-order valence-corrected chi connectivity index (χ1v) is 6.48. The summed E-state index contributed by atoms with van der Waals surface area (Å²) in [7, 11) is 0. The van der Waals surface area contributed by atoms with E-state index in [9.17, 15) is 4.79 Å². The molecule has 1 aromatic carbocycles. The topological polar surface area (TPSA) is 32.3 Å². The van der Waals surface area contributed by atoms with Crippen molar-refractivity contribution >= 4 is 11.6 Å². The van der Waals surface area contributed by atoms with Gasteiger partial charge in [-0.25, -0.2) is 0 Å². The fourth-order valence-electron chi connectivity index (χ4n) is 2.53. The molecule has 0 saturated carbocycles. The highest BCUT2D eigenvalue weighted by molar-refractivity contribution is 6.01. The smallest absolute Gasteiger partial charge is 0.247 e. The minimum atomic E-state index is -0.482. The van der Waals surface area contributed by atoms with Crippen LogP contribution >= 0.6 is 0 Å². The summed E-state index contributed by atoms with van der Waals surface area (Å²) in [6.07, 6.45) is 0. The number of nitrogens with one attached hydrogen (secondary N) is 1. The molecule has 98 valence electrons. The van der Waals surface area contributed by atoms with Crippen LogP contribution in [-0.4, -0.2) is 24.0 Å². The lowest BCUT2D eigenvalue weighted by molar-refractivity contribution is -0.125. The van der Waals surface area contributed by atoms with Gasteiger partial charge in [0.1, 0.15) is 0 Å². The maximum atomic E-state index is 12.5. The molecule has 1 aliphatic heterocycles. The van der Waals surface area contributed by atoms with E-state index in [1.54, 1.807) is 0 Å². The molecule has 0 aliphatic carbocycles. The number of carbonyl (C=O) groups excluding carboxylic acids is 1. The molecule has 2 rings (SSSR count). The molecule has 1 aliphatic rings. The van der Waals surface area contributed by atoms with E-state index in [0.29, 0.717) is 0 Å². The molecule has 0 radical (unpaired) electrons. The molecule has 0 bridgehead atoms. The molecule has 1 atom stereocenters. The fraction of sp³-hybridized carbons (Fsp3) is 0.533. The van der Waals surface area contributed by atoms with Crippen LogP contribution in [0.2, 0.25) is 0 Å². The average molecular weight is 246 g/mol. The standard InChI is InChI=1S/C15H22N2O/c1-10-6-11(2)8-13(7-10)17-12(3)9-16-15(4,5)14(17)18/h6-8,12,16H,9H2,1-5H3. The summed E-state index contributed by atoms with van der Waals surface area (Å²) in [6, 6.07) is 6.49. The zero-order valence-electron chi connectivity index (χ0n) is 11.9. The Kier molecular flexibility index (Phi) is 3.20. The van der Waals surface area contributed by atoms with Crippen molar-refractivity contribution in [3.63, 3.8) is 0 Å². The lowest BCUT2D eigenvalue weighted by Crippen LogP contribution is -2.65. The van der Waals surface area contributed by atoms with Crippen LogP contribution in [0.15, 0.2) is 18.2 Å². The molecular weight excluding hydrogens is 224 g/mol. The van der Waals surface area contributed by atoms with Crippen LogP contribution < -0.4 is 10.2 Å². The van der Waals surface area contributed by atoms with Crippen LogP contribution in [0.5, 0.6) is 0 Å². The predicted molar refractivity (Wildman–Crippen MR) is 74.9 cm³/mol. The quantitative estimate of drug-likeness (QED) is 0.825. The van der Waals surface area contributed by atoms with E-state index in [2.05, 4.69) is 44.3 Å². The molecule has 1 aromatic rings. The predicted octanol–water partition coefficient (Wildman–Crippen LogP) is 2.41. The molecular formula is C15H22N2O. The van der Waals surface area contributed by atoms with Gasteiger partial charge in [-0.1, -0.05) is 6.07 Å². The second-order valence-electron chi connectivity index (χ2n) is 5.88.